The lowest BCUT2D eigenvalue weighted by molar-refractivity contribution is 0.309. The van der Waals surface area contributed by atoms with Crippen molar-refractivity contribution in [3.05, 3.63) is 18.1 Å². The molecule has 0 bridgehead atoms. The Morgan fingerprint density at radius 2 is 2.18 bits per heavy atom. The molecule has 4 nitrogen and oxygen atoms in total. The Morgan fingerprint density at radius 1 is 1.35 bits per heavy atom. The Bertz CT molecular complexity index is 525. The number of aromatic amines is 1. The van der Waals surface area contributed by atoms with E-state index in [0.29, 0.717) is 0 Å². The highest BCUT2D eigenvalue weighted by Gasteiger charge is 2.20. The fraction of sp³-hybridized carbons (Fsp3) is 0.538. The number of aromatic nitrogens is 3. The van der Waals surface area contributed by atoms with Gasteiger partial charge < -0.3 is 9.88 Å². The van der Waals surface area contributed by atoms with Crippen LogP contribution in [0, 0.1) is 5.92 Å². The zero-order chi connectivity index (χ0) is 11.8. The Kier molecular flexibility index (Phi) is 2.50. The molecule has 17 heavy (non-hydrogen) atoms. The van der Waals surface area contributed by atoms with Crippen LogP contribution < -0.4 is 4.90 Å². The van der Waals surface area contributed by atoms with Gasteiger partial charge in [-0.15, -0.1) is 0 Å². The fourth-order valence-corrected chi connectivity index (χ4v) is 2.36. The topological polar surface area (TPSA) is 44.8 Å². The first kappa shape index (κ1) is 10.6. The lowest BCUT2D eigenvalue weighted by Crippen LogP contribution is -2.18. The summed E-state index contributed by atoms with van der Waals surface area (Å²) in [6, 6.07) is 2.04. The number of nitrogens with zero attached hydrogens (tertiary/aromatic N) is 3. The number of hydrogen-bond acceptors (Lipinski definition) is 3. The van der Waals surface area contributed by atoms with Gasteiger partial charge in [0.05, 0.1) is 5.39 Å². The highest BCUT2D eigenvalue weighted by Crippen LogP contribution is 2.30. The van der Waals surface area contributed by atoms with E-state index < -0.39 is 0 Å². The number of H-pyrrole nitrogens is 1. The van der Waals surface area contributed by atoms with Crippen molar-refractivity contribution < 1.29 is 0 Å². The van der Waals surface area contributed by atoms with Crippen LogP contribution >= 0.6 is 0 Å². The maximum Gasteiger partial charge on any atom is 0.143 e. The van der Waals surface area contributed by atoms with Crippen LogP contribution in [-0.4, -0.2) is 29.0 Å². The highest BCUT2D eigenvalue weighted by atomic mass is 15.2. The van der Waals surface area contributed by atoms with E-state index in [2.05, 4.69) is 19.9 Å². The molecule has 0 spiro atoms. The minimum atomic E-state index is 0.803. The molecular weight excluding hydrogens is 212 g/mol. The van der Waals surface area contributed by atoms with Gasteiger partial charge >= 0.3 is 0 Å². The van der Waals surface area contributed by atoms with Gasteiger partial charge in [-0.1, -0.05) is 19.3 Å². The smallest absolute Gasteiger partial charge is 0.143 e. The summed E-state index contributed by atoms with van der Waals surface area (Å²) in [6.45, 7) is 0. The molecule has 0 amide bonds. The van der Waals surface area contributed by atoms with E-state index in [1.807, 2.05) is 26.4 Å². The first-order valence-electron chi connectivity index (χ1n) is 6.25. The molecule has 0 aromatic carbocycles. The monoisotopic (exact) mass is 230 g/mol. The molecule has 1 aliphatic rings. The molecule has 3 rings (SSSR count). The third-order valence-electron chi connectivity index (χ3n) is 3.56. The third kappa shape index (κ3) is 1.88. The number of fused-ring (bicyclic) bond motifs is 1. The van der Waals surface area contributed by atoms with Gasteiger partial charge in [-0.2, -0.15) is 0 Å². The summed E-state index contributed by atoms with van der Waals surface area (Å²) in [6.07, 6.45) is 7.00. The fourth-order valence-electron chi connectivity index (χ4n) is 2.36. The third-order valence-corrected chi connectivity index (χ3v) is 3.56. The summed E-state index contributed by atoms with van der Waals surface area (Å²) in [7, 11) is 4.06. The first-order valence-corrected chi connectivity index (χ1v) is 6.25. The van der Waals surface area contributed by atoms with Crippen LogP contribution in [0.15, 0.2) is 12.3 Å². The van der Waals surface area contributed by atoms with Gasteiger partial charge in [0.15, 0.2) is 0 Å². The Labute approximate surface area is 101 Å². The molecule has 0 saturated heterocycles. The quantitative estimate of drug-likeness (QED) is 0.880. The molecular formula is C13H18N4. The van der Waals surface area contributed by atoms with Crippen LogP contribution in [0.4, 0.5) is 5.82 Å². The zero-order valence-electron chi connectivity index (χ0n) is 10.4. The van der Waals surface area contributed by atoms with Crippen LogP contribution in [0.2, 0.25) is 0 Å². The molecule has 0 aliphatic heterocycles. The van der Waals surface area contributed by atoms with Gasteiger partial charge in [0, 0.05) is 26.7 Å². The minimum Gasteiger partial charge on any atom is -0.362 e. The maximum absolute atomic E-state index is 4.69. The van der Waals surface area contributed by atoms with E-state index in [0.717, 1.165) is 35.0 Å². The van der Waals surface area contributed by atoms with Crippen LogP contribution in [0.5, 0.6) is 0 Å². The van der Waals surface area contributed by atoms with Gasteiger partial charge in [-0.25, -0.2) is 9.97 Å². The summed E-state index contributed by atoms with van der Waals surface area (Å²) in [5.74, 6) is 2.80. The largest absolute Gasteiger partial charge is 0.362 e. The van der Waals surface area contributed by atoms with Gasteiger partial charge in [0.25, 0.3) is 0 Å². The van der Waals surface area contributed by atoms with Crippen molar-refractivity contribution in [1.82, 2.24) is 15.0 Å². The number of nitrogens with one attached hydrogen (secondary N) is 1. The normalized spacial score (nSPS) is 16.1. The Hall–Kier alpha value is -1.58. The van der Waals surface area contributed by atoms with Crippen LogP contribution in [-0.2, 0) is 6.42 Å². The molecule has 1 saturated carbocycles. The summed E-state index contributed by atoms with van der Waals surface area (Å²) < 4.78 is 0. The lowest BCUT2D eigenvalue weighted by atomic mass is 9.83. The number of rotatable bonds is 3. The lowest BCUT2D eigenvalue weighted by Gasteiger charge is -2.24. The molecule has 2 heterocycles. The van der Waals surface area contributed by atoms with E-state index in [1.165, 1.54) is 19.3 Å². The average Bonchev–Trinajstić information content (AvgIpc) is 2.69. The molecule has 90 valence electrons. The first-order chi connectivity index (χ1) is 8.24. The van der Waals surface area contributed by atoms with Gasteiger partial charge in [-0.3, -0.25) is 0 Å². The van der Waals surface area contributed by atoms with E-state index in [1.54, 1.807) is 0 Å². The minimum absolute atomic E-state index is 0.803. The maximum atomic E-state index is 4.69. The molecule has 1 fully saturated rings. The predicted molar refractivity (Wildman–Crippen MR) is 69.3 cm³/mol. The Balaban J connectivity index is 2.00. The molecule has 1 N–H and O–H groups in total. The van der Waals surface area contributed by atoms with Crippen molar-refractivity contribution in [2.45, 2.75) is 25.7 Å². The van der Waals surface area contributed by atoms with Crippen LogP contribution in [0.1, 0.15) is 25.1 Å². The van der Waals surface area contributed by atoms with E-state index in [-0.39, 0.29) is 0 Å². The summed E-state index contributed by atoms with van der Waals surface area (Å²) >= 11 is 0. The van der Waals surface area contributed by atoms with Crippen molar-refractivity contribution in [3.8, 4) is 0 Å². The second-order valence-corrected chi connectivity index (χ2v) is 5.10. The van der Waals surface area contributed by atoms with E-state index in [4.69, 9.17) is 0 Å². The molecule has 4 heteroatoms. The highest BCUT2D eigenvalue weighted by molar-refractivity contribution is 5.87. The number of anilines is 1. The molecule has 0 atom stereocenters. The second kappa shape index (κ2) is 4.02. The molecule has 1 aliphatic carbocycles. The van der Waals surface area contributed by atoms with Crippen LogP contribution in [0.25, 0.3) is 11.0 Å². The zero-order valence-corrected chi connectivity index (χ0v) is 10.4. The van der Waals surface area contributed by atoms with Gasteiger partial charge in [0.1, 0.15) is 17.3 Å². The molecule has 2 aromatic heterocycles. The summed E-state index contributed by atoms with van der Waals surface area (Å²) in [5.41, 5.74) is 0.957. The van der Waals surface area contributed by atoms with E-state index in [9.17, 15) is 0 Å². The van der Waals surface area contributed by atoms with Crippen molar-refractivity contribution in [3.63, 3.8) is 0 Å². The summed E-state index contributed by atoms with van der Waals surface area (Å²) in [5, 5.41) is 1.10. The van der Waals surface area contributed by atoms with Crippen molar-refractivity contribution in [1.29, 1.82) is 0 Å². The Morgan fingerprint density at radius 3 is 2.82 bits per heavy atom. The SMILES string of the molecule is CN(C)c1nc(CC2CCC2)nc2[nH]ccc12. The second-order valence-electron chi connectivity index (χ2n) is 5.10. The standard InChI is InChI=1S/C13H18N4/c1-17(2)13-10-6-7-14-12(10)15-11(16-13)8-9-4-3-5-9/h6-7,9H,3-5,8H2,1-2H3,(H,14,15,16). The number of hydrogen-bond donors (Lipinski definition) is 1. The van der Waals surface area contributed by atoms with Crippen molar-refractivity contribution >= 4 is 16.9 Å². The average molecular weight is 230 g/mol. The van der Waals surface area contributed by atoms with Crippen molar-refractivity contribution in [2.75, 3.05) is 19.0 Å². The van der Waals surface area contributed by atoms with Gasteiger partial charge in [0.2, 0.25) is 0 Å². The molecule has 0 unspecified atom stereocenters. The van der Waals surface area contributed by atoms with E-state index >= 15 is 0 Å². The predicted octanol–water partition coefficient (Wildman–Crippen LogP) is 2.37. The van der Waals surface area contributed by atoms with Crippen LogP contribution in [0.3, 0.4) is 0 Å². The van der Waals surface area contributed by atoms with Gasteiger partial charge in [-0.05, 0) is 12.0 Å². The summed E-state index contributed by atoms with van der Waals surface area (Å²) in [4.78, 5) is 14.5. The molecule has 0 radical (unpaired) electrons. The van der Waals surface area contributed by atoms with Crippen molar-refractivity contribution in [2.24, 2.45) is 5.92 Å². The molecule has 2 aromatic rings.